The minimum atomic E-state index is -1.54. The molecule has 0 radical (unpaired) electrons. The number of rotatable bonds is 4. The number of benzene rings is 1. The molecule has 1 aliphatic heterocycles. The molecule has 148 valence electrons. The molecular weight excluding hydrogens is 388 g/mol. The van der Waals surface area contributed by atoms with Gasteiger partial charge in [-0.25, -0.2) is 4.79 Å². The quantitative estimate of drug-likeness (QED) is 0.466. The first kappa shape index (κ1) is 19.1. The van der Waals surface area contributed by atoms with E-state index in [-0.39, 0.29) is 11.3 Å². The zero-order valence-corrected chi connectivity index (χ0v) is 15.3. The number of hydrogen-bond acceptors (Lipinski definition) is 9. The summed E-state index contributed by atoms with van der Waals surface area (Å²) < 4.78 is 16.3. The molecule has 0 bridgehead atoms. The normalized spacial score (nSPS) is 27.8. The van der Waals surface area contributed by atoms with Crippen molar-refractivity contribution in [3.05, 3.63) is 52.2 Å². The number of thiophene rings is 1. The molecule has 1 fully saturated rings. The van der Waals surface area contributed by atoms with Gasteiger partial charge in [0.25, 0.3) is 0 Å². The standard InChI is InChI=1S/C19H18O8S/c20-8-13-15(21)16(22)17(23)19(27-13)25-10-4-3-9-6-11(14-2-1-5-28-14)18(24)26-12(9)7-10/h1-7,13,15-17,19-23H,8H2/t13-,15-,16+,17-,19-/m1/s1. The van der Waals surface area contributed by atoms with Crippen LogP contribution in [0.15, 0.2) is 51.0 Å². The second-order valence-electron chi connectivity index (χ2n) is 6.44. The number of aliphatic hydroxyl groups is 4. The maximum Gasteiger partial charge on any atom is 0.345 e. The van der Waals surface area contributed by atoms with Gasteiger partial charge in [-0.15, -0.1) is 11.3 Å². The van der Waals surface area contributed by atoms with Crippen molar-refractivity contribution in [3.63, 3.8) is 0 Å². The summed E-state index contributed by atoms with van der Waals surface area (Å²) >= 11 is 1.43. The van der Waals surface area contributed by atoms with E-state index in [1.54, 1.807) is 18.2 Å². The van der Waals surface area contributed by atoms with Gasteiger partial charge in [0.1, 0.15) is 35.7 Å². The van der Waals surface area contributed by atoms with E-state index in [4.69, 9.17) is 13.9 Å². The van der Waals surface area contributed by atoms with E-state index < -0.39 is 42.9 Å². The smallest absolute Gasteiger partial charge is 0.345 e. The highest BCUT2D eigenvalue weighted by atomic mass is 32.1. The van der Waals surface area contributed by atoms with E-state index in [0.717, 1.165) is 4.88 Å². The maximum absolute atomic E-state index is 12.3. The third kappa shape index (κ3) is 3.44. The van der Waals surface area contributed by atoms with Crippen LogP contribution in [0.5, 0.6) is 5.75 Å². The van der Waals surface area contributed by atoms with Crippen LogP contribution >= 0.6 is 11.3 Å². The van der Waals surface area contributed by atoms with Crippen molar-refractivity contribution < 1.29 is 34.3 Å². The van der Waals surface area contributed by atoms with Crippen molar-refractivity contribution in [2.75, 3.05) is 6.61 Å². The summed E-state index contributed by atoms with van der Waals surface area (Å²) in [4.78, 5) is 13.1. The lowest BCUT2D eigenvalue weighted by molar-refractivity contribution is -0.277. The van der Waals surface area contributed by atoms with Crippen LogP contribution in [0, 0.1) is 0 Å². The van der Waals surface area contributed by atoms with E-state index in [2.05, 4.69) is 0 Å². The fourth-order valence-corrected chi connectivity index (χ4v) is 3.80. The Hall–Kier alpha value is -2.27. The van der Waals surface area contributed by atoms with Crippen LogP contribution in [0.25, 0.3) is 21.4 Å². The molecule has 4 rings (SSSR count). The topological polar surface area (TPSA) is 130 Å². The van der Waals surface area contributed by atoms with Gasteiger partial charge in [-0.05, 0) is 29.6 Å². The van der Waals surface area contributed by atoms with Crippen molar-refractivity contribution in [3.8, 4) is 16.2 Å². The van der Waals surface area contributed by atoms with Gasteiger partial charge < -0.3 is 34.3 Å². The molecule has 0 unspecified atom stereocenters. The van der Waals surface area contributed by atoms with Crippen LogP contribution in [0.4, 0.5) is 0 Å². The Morgan fingerprint density at radius 1 is 1.07 bits per heavy atom. The van der Waals surface area contributed by atoms with Crippen LogP contribution < -0.4 is 10.4 Å². The van der Waals surface area contributed by atoms with E-state index in [0.29, 0.717) is 10.9 Å². The Balaban J connectivity index is 1.61. The highest BCUT2D eigenvalue weighted by Gasteiger charge is 2.44. The summed E-state index contributed by atoms with van der Waals surface area (Å²) in [5, 5.41) is 41.5. The first-order valence-electron chi connectivity index (χ1n) is 8.57. The summed E-state index contributed by atoms with van der Waals surface area (Å²) in [5.41, 5.74) is 0.262. The fourth-order valence-electron chi connectivity index (χ4n) is 3.07. The van der Waals surface area contributed by atoms with Gasteiger partial charge in [0.05, 0.1) is 12.2 Å². The predicted octanol–water partition coefficient (Wildman–Crippen LogP) is 0.700. The second kappa shape index (κ2) is 7.63. The van der Waals surface area contributed by atoms with Gasteiger partial charge in [0.2, 0.25) is 6.29 Å². The monoisotopic (exact) mass is 406 g/mol. The van der Waals surface area contributed by atoms with E-state index >= 15 is 0 Å². The number of hydrogen-bond donors (Lipinski definition) is 4. The van der Waals surface area contributed by atoms with Crippen molar-refractivity contribution in [2.24, 2.45) is 0 Å². The molecule has 3 aromatic rings. The highest BCUT2D eigenvalue weighted by Crippen LogP contribution is 2.29. The second-order valence-corrected chi connectivity index (χ2v) is 7.39. The minimum absolute atomic E-state index is 0.226. The van der Waals surface area contributed by atoms with Crippen LogP contribution in [-0.2, 0) is 4.74 Å². The van der Waals surface area contributed by atoms with Crippen molar-refractivity contribution in [2.45, 2.75) is 30.7 Å². The molecule has 5 atom stereocenters. The maximum atomic E-state index is 12.3. The third-order valence-electron chi connectivity index (χ3n) is 4.59. The molecule has 2 aromatic heterocycles. The molecule has 1 saturated heterocycles. The fraction of sp³-hybridized carbons (Fsp3) is 0.316. The Kier molecular flexibility index (Phi) is 5.19. The van der Waals surface area contributed by atoms with Gasteiger partial charge in [-0.2, -0.15) is 0 Å². The first-order valence-corrected chi connectivity index (χ1v) is 9.45. The number of aliphatic hydroxyl groups excluding tert-OH is 4. The lowest BCUT2D eigenvalue weighted by Gasteiger charge is -2.39. The molecular formula is C19H18O8S. The average Bonchev–Trinajstić information content (AvgIpc) is 3.22. The molecule has 1 aliphatic rings. The van der Waals surface area contributed by atoms with Gasteiger partial charge in [-0.1, -0.05) is 6.07 Å². The predicted molar refractivity (Wildman–Crippen MR) is 100 cm³/mol. The summed E-state index contributed by atoms with van der Waals surface area (Å²) in [6.45, 7) is -0.553. The zero-order chi connectivity index (χ0) is 19.8. The third-order valence-corrected chi connectivity index (χ3v) is 5.50. The zero-order valence-electron chi connectivity index (χ0n) is 14.5. The molecule has 4 N–H and O–H groups in total. The van der Waals surface area contributed by atoms with Crippen LogP contribution in [0.3, 0.4) is 0 Å². The molecule has 8 nitrogen and oxygen atoms in total. The largest absolute Gasteiger partial charge is 0.462 e. The lowest BCUT2D eigenvalue weighted by atomic mass is 9.99. The molecule has 9 heteroatoms. The van der Waals surface area contributed by atoms with Crippen LogP contribution in [0.1, 0.15) is 0 Å². The summed E-state index contributed by atoms with van der Waals surface area (Å²) in [6, 6.07) is 10.2. The van der Waals surface area contributed by atoms with Crippen LogP contribution in [-0.4, -0.2) is 57.7 Å². The molecule has 0 spiro atoms. The number of ether oxygens (including phenoxy) is 2. The van der Waals surface area contributed by atoms with Crippen molar-refractivity contribution in [1.29, 1.82) is 0 Å². The SMILES string of the molecule is O=c1oc2cc(O[C@@H]3O[C@H](CO)[C@@H](O)[C@H](O)[C@H]3O)ccc2cc1-c1cccs1. The van der Waals surface area contributed by atoms with Gasteiger partial charge in [0, 0.05) is 16.3 Å². The molecule has 0 saturated carbocycles. The number of fused-ring (bicyclic) bond motifs is 1. The molecule has 1 aromatic carbocycles. The Morgan fingerprint density at radius 2 is 1.89 bits per heavy atom. The molecule has 28 heavy (non-hydrogen) atoms. The van der Waals surface area contributed by atoms with E-state index in [9.17, 15) is 25.2 Å². The summed E-state index contributed by atoms with van der Waals surface area (Å²) in [5.74, 6) is 0.226. The average molecular weight is 406 g/mol. The van der Waals surface area contributed by atoms with Crippen LogP contribution in [0.2, 0.25) is 0 Å². The Bertz CT molecular complexity index is 1010. The van der Waals surface area contributed by atoms with Gasteiger partial charge in [0.15, 0.2) is 0 Å². The molecule has 0 aliphatic carbocycles. The molecule has 0 amide bonds. The van der Waals surface area contributed by atoms with Crippen molar-refractivity contribution in [1.82, 2.24) is 0 Å². The van der Waals surface area contributed by atoms with Crippen molar-refractivity contribution >= 4 is 22.3 Å². The summed E-state index contributed by atoms with van der Waals surface area (Å²) in [7, 11) is 0. The Labute approximate surface area is 162 Å². The van der Waals surface area contributed by atoms with Gasteiger partial charge >= 0.3 is 5.63 Å². The van der Waals surface area contributed by atoms with E-state index in [1.807, 2.05) is 17.5 Å². The van der Waals surface area contributed by atoms with Gasteiger partial charge in [-0.3, -0.25) is 0 Å². The highest BCUT2D eigenvalue weighted by molar-refractivity contribution is 7.13. The first-order chi connectivity index (χ1) is 13.5. The lowest BCUT2D eigenvalue weighted by Crippen LogP contribution is -2.60. The Morgan fingerprint density at radius 3 is 2.61 bits per heavy atom. The minimum Gasteiger partial charge on any atom is -0.462 e. The summed E-state index contributed by atoms with van der Waals surface area (Å²) in [6.07, 6.45) is -6.92. The molecule has 3 heterocycles. The van der Waals surface area contributed by atoms with E-state index in [1.165, 1.54) is 17.4 Å².